The summed E-state index contributed by atoms with van der Waals surface area (Å²) >= 11 is 1.44. The molecule has 0 fully saturated rings. The topological polar surface area (TPSA) is 60.9 Å². The summed E-state index contributed by atoms with van der Waals surface area (Å²) in [5.41, 5.74) is 2.95. The van der Waals surface area contributed by atoms with E-state index in [1.54, 1.807) is 17.5 Å². The molecule has 0 atom stereocenters. The molecule has 0 amide bonds. The maximum Gasteiger partial charge on any atom is 0.216 e. The van der Waals surface area contributed by atoms with Crippen LogP contribution in [0, 0.1) is 0 Å². The lowest BCUT2D eigenvalue weighted by Gasteiger charge is -2.14. The number of ether oxygens (including phenoxy) is 3. The smallest absolute Gasteiger partial charge is 0.216 e. The molecule has 0 aliphatic rings. The van der Waals surface area contributed by atoms with E-state index < -0.39 is 0 Å². The fraction of sp³-hybridized carbons (Fsp3) is 0.273. The van der Waals surface area contributed by atoms with Gasteiger partial charge in [-0.25, -0.2) is 4.98 Å². The van der Waals surface area contributed by atoms with E-state index in [4.69, 9.17) is 14.2 Å². The number of carbonyl (C=O) groups excluding carboxylic acids is 1. The van der Waals surface area contributed by atoms with Crippen molar-refractivity contribution < 1.29 is 19.0 Å². The first kappa shape index (κ1) is 20.8. The average Bonchev–Trinajstić information content (AvgIpc) is 3.22. The molecule has 1 aromatic heterocycles. The molecule has 0 unspecified atom stereocenters. The van der Waals surface area contributed by atoms with E-state index >= 15 is 0 Å². The quantitative estimate of drug-likeness (QED) is 0.519. The Morgan fingerprint density at radius 3 is 2.24 bits per heavy atom. The van der Waals surface area contributed by atoms with Crippen LogP contribution in [0.4, 0.5) is 0 Å². The third kappa shape index (κ3) is 4.41. The van der Waals surface area contributed by atoms with Crippen molar-refractivity contribution in [3.8, 4) is 27.8 Å². The van der Waals surface area contributed by atoms with Gasteiger partial charge in [0.05, 0.1) is 26.9 Å². The number of thiazole rings is 1. The zero-order chi connectivity index (χ0) is 21.0. The van der Waals surface area contributed by atoms with Gasteiger partial charge in [-0.05, 0) is 31.8 Å². The number of aromatic nitrogens is 1. The minimum absolute atomic E-state index is 0.227. The van der Waals surface area contributed by atoms with Crippen molar-refractivity contribution >= 4 is 17.1 Å². The van der Waals surface area contributed by atoms with Crippen molar-refractivity contribution in [2.24, 2.45) is 0 Å². The molecule has 2 aromatic carbocycles. The Kier molecular flexibility index (Phi) is 6.51. The van der Waals surface area contributed by atoms with Gasteiger partial charge < -0.3 is 19.1 Å². The zero-order valence-electron chi connectivity index (χ0n) is 17.2. The molecule has 7 heteroatoms. The summed E-state index contributed by atoms with van der Waals surface area (Å²) in [6.07, 6.45) is 0. The Hall–Kier alpha value is -2.90. The minimum atomic E-state index is -0.227. The highest BCUT2D eigenvalue weighted by Gasteiger charge is 2.23. The SMILES string of the molecule is COc1ccc(C(=O)c2csc(-c3ccc(CN(C)C)cc3)n2)c(OC)c1OC. The van der Waals surface area contributed by atoms with Gasteiger partial charge in [0.25, 0.3) is 0 Å². The molecule has 0 spiro atoms. The van der Waals surface area contributed by atoms with Gasteiger partial charge in [0.15, 0.2) is 11.5 Å². The standard InChI is InChI=1S/C22H24N2O4S/c1-24(2)12-14-6-8-15(9-7-14)22-23-17(13-29-22)19(25)16-10-11-18(26-3)21(28-5)20(16)27-4/h6-11,13H,12H2,1-5H3. The molecular formula is C22H24N2O4S. The lowest BCUT2D eigenvalue weighted by Crippen LogP contribution is -2.10. The highest BCUT2D eigenvalue weighted by atomic mass is 32.1. The highest BCUT2D eigenvalue weighted by Crippen LogP contribution is 2.40. The lowest BCUT2D eigenvalue weighted by molar-refractivity contribution is 0.103. The molecular weight excluding hydrogens is 388 g/mol. The molecule has 0 saturated heterocycles. The van der Waals surface area contributed by atoms with Crippen LogP contribution in [0.1, 0.15) is 21.6 Å². The number of ketones is 1. The number of rotatable bonds is 8. The van der Waals surface area contributed by atoms with Crippen LogP contribution < -0.4 is 14.2 Å². The van der Waals surface area contributed by atoms with Crippen LogP contribution in [-0.2, 0) is 6.54 Å². The van der Waals surface area contributed by atoms with Gasteiger partial charge in [-0.3, -0.25) is 4.79 Å². The van der Waals surface area contributed by atoms with Crippen LogP contribution >= 0.6 is 11.3 Å². The van der Waals surface area contributed by atoms with Crippen LogP contribution in [0.15, 0.2) is 41.8 Å². The number of benzene rings is 2. The Bertz CT molecular complexity index is 997. The summed E-state index contributed by atoms with van der Waals surface area (Å²) < 4.78 is 16.1. The molecule has 6 nitrogen and oxygen atoms in total. The van der Waals surface area contributed by atoms with Gasteiger partial charge in [-0.2, -0.15) is 0 Å². The zero-order valence-corrected chi connectivity index (χ0v) is 18.0. The maximum atomic E-state index is 13.1. The van der Waals surface area contributed by atoms with Crippen LogP contribution in [0.3, 0.4) is 0 Å². The third-order valence-electron chi connectivity index (χ3n) is 4.39. The predicted octanol–water partition coefficient (Wildman–Crippen LogP) is 4.13. The van der Waals surface area contributed by atoms with Gasteiger partial charge in [-0.15, -0.1) is 11.3 Å². The molecule has 29 heavy (non-hydrogen) atoms. The third-order valence-corrected chi connectivity index (χ3v) is 5.28. The van der Waals surface area contributed by atoms with E-state index in [-0.39, 0.29) is 5.78 Å². The molecule has 152 valence electrons. The Balaban J connectivity index is 1.90. The minimum Gasteiger partial charge on any atom is -0.493 e. The number of hydrogen-bond donors (Lipinski definition) is 0. The van der Waals surface area contributed by atoms with E-state index in [9.17, 15) is 4.79 Å². The molecule has 3 rings (SSSR count). The first-order chi connectivity index (χ1) is 14.0. The van der Waals surface area contributed by atoms with Crippen molar-refractivity contribution in [2.45, 2.75) is 6.54 Å². The molecule has 1 heterocycles. The average molecular weight is 413 g/mol. The fourth-order valence-electron chi connectivity index (χ4n) is 3.05. The summed E-state index contributed by atoms with van der Waals surface area (Å²) in [6.45, 7) is 0.876. The van der Waals surface area contributed by atoms with Crippen LogP contribution in [0.2, 0.25) is 0 Å². The van der Waals surface area contributed by atoms with Crippen LogP contribution in [0.25, 0.3) is 10.6 Å². The van der Waals surface area contributed by atoms with E-state index in [0.717, 1.165) is 17.1 Å². The largest absolute Gasteiger partial charge is 0.493 e. The fourth-order valence-corrected chi connectivity index (χ4v) is 3.85. The molecule has 0 aliphatic carbocycles. The normalized spacial score (nSPS) is 10.8. The molecule has 0 bridgehead atoms. The summed E-state index contributed by atoms with van der Waals surface area (Å²) in [4.78, 5) is 19.7. The first-order valence-corrected chi connectivity index (χ1v) is 9.89. The van der Waals surface area contributed by atoms with Gasteiger partial charge in [0.1, 0.15) is 10.7 Å². The van der Waals surface area contributed by atoms with E-state index in [1.807, 2.05) is 26.2 Å². The lowest BCUT2D eigenvalue weighted by atomic mass is 10.1. The van der Waals surface area contributed by atoms with Crippen molar-refractivity contribution in [1.29, 1.82) is 0 Å². The maximum absolute atomic E-state index is 13.1. The monoisotopic (exact) mass is 412 g/mol. The Labute approximate surface area is 174 Å². The van der Waals surface area contributed by atoms with Crippen LogP contribution in [-0.4, -0.2) is 51.1 Å². The van der Waals surface area contributed by atoms with Crippen molar-refractivity contribution in [3.05, 3.63) is 58.6 Å². The van der Waals surface area contributed by atoms with Crippen molar-refractivity contribution in [3.63, 3.8) is 0 Å². The van der Waals surface area contributed by atoms with Crippen molar-refractivity contribution in [2.75, 3.05) is 35.4 Å². The summed E-state index contributed by atoms with van der Waals surface area (Å²) in [6, 6.07) is 11.6. The molecule has 0 radical (unpaired) electrons. The Morgan fingerprint density at radius 1 is 0.966 bits per heavy atom. The predicted molar refractivity (Wildman–Crippen MR) is 114 cm³/mol. The molecule has 0 N–H and O–H groups in total. The van der Waals surface area contributed by atoms with E-state index in [0.29, 0.717) is 28.5 Å². The number of carbonyl (C=O) groups is 1. The molecule has 3 aromatic rings. The van der Waals surface area contributed by atoms with E-state index in [2.05, 4.69) is 22.0 Å². The molecule has 0 saturated carbocycles. The van der Waals surface area contributed by atoms with Gasteiger partial charge >= 0.3 is 0 Å². The summed E-state index contributed by atoms with van der Waals surface area (Å²) in [7, 11) is 8.62. The van der Waals surface area contributed by atoms with E-state index in [1.165, 1.54) is 38.2 Å². The number of nitrogens with zero attached hydrogens (tertiary/aromatic N) is 2. The Morgan fingerprint density at radius 2 is 1.66 bits per heavy atom. The number of methoxy groups -OCH3 is 3. The first-order valence-electron chi connectivity index (χ1n) is 9.01. The van der Waals surface area contributed by atoms with Gasteiger partial charge in [0.2, 0.25) is 11.5 Å². The summed E-state index contributed by atoms with van der Waals surface area (Å²) in [5.74, 6) is 0.986. The second-order valence-corrected chi connectivity index (χ2v) is 7.54. The van der Waals surface area contributed by atoms with Gasteiger partial charge in [0, 0.05) is 17.5 Å². The van der Waals surface area contributed by atoms with Gasteiger partial charge in [-0.1, -0.05) is 24.3 Å². The summed E-state index contributed by atoms with van der Waals surface area (Å²) in [5, 5.41) is 2.56. The van der Waals surface area contributed by atoms with Crippen molar-refractivity contribution in [1.82, 2.24) is 9.88 Å². The second-order valence-electron chi connectivity index (χ2n) is 6.68. The highest BCUT2D eigenvalue weighted by molar-refractivity contribution is 7.13. The van der Waals surface area contributed by atoms with Crippen LogP contribution in [0.5, 0.6) is 17.2 Å². The molecule has 0 aliphatic heterocycles. The second kappa shape index (κ2) is 9.07. The number of hydrogen-bond acceptors (Lipinski definition) is 7.